The second kappa shape index (κ2) is 5.35. The van der Waals surface area contributed by atoms with Gasteiger partial charge < -0.3 is 16.4 Å². The minimum Gasteiger partial charge on any atom is -0.368 e. The summed E-state index contributed by atoms with van der Waals surface area (Å²) < 4.78 is 1.37. The fourth-order valence-corrected chi connectivity index (χ4v) is 2.27. The molecular formula is C12H16N8O. The maximum absolute atomic E-state index is 11.1. The van der Waals surface area contributed by atoms with Gasteiger partial charge in [-0.05, 0) is 25.3 Å². The van der Waals surface area contributed by atoms with Gasteiger partial charge in [0.1, 0.15) is 5.69 Å². The van der Waals surface area contributed by atoms with E-state index in [-0.39, 0.29) is 17.6 Å². The predicted molar refractivity (Wildman–Crippen MR) is 75.9 cm³/mol. The van der Waals surface area contributed by atoms with E-state index in [1.165, 1.54) is 17.2 Å². The topological polar surface area (TPSA) is 129 Å². The molecule has 1 aliphatic heterocycles. The van der Waals surface area contributed by atoms with Crippen LogP contribution in [0.15, 0.2) is 12.3 Å². The highest BCUT2D eigenvalue weighted by Gasteiger charge is 2.17. The number of nitrogens with zero attached hydrogens (tertiary/aromatic N) is 6. The van der Waals surface area contributed by atoms with Gasteiger partial charge in [0.15, 0.2) is 0 Å². The number of hydrogen-bond acceptors (Lipinski definition) is 7. The average Bonchev–Trinajstić information content (AvgIpc) is 2.98. The Bertz CT molecular complexity index is 661. The summed E-state index contributed by atoms with van der Waals surface area (Å²) in [4.78, 5) is 25.8. The Hall–Kier alpha value is -2.71. The fourth-order valence-electron chi connectivity index (χ4n) is 2.27. The molecule has 0 aliphatic carbocycles. The van der Waals surface area contributed by atoms with Crippen LogP contribution in [0.5, 0.6) is 0 Å². The van der Waals surface area contributed by atoms with Crippen LogP contribution >= 0.6 is 0 Å². The number of amides is 1. The molecule has 0 radical (unpaired) electrons. The summed E-state index contributed by atoms with van der Waals surface area (Å²) in [5.41, 5.74) is 11.1. The van der Waals surface area contributed by atoms with E-state index in [0.29, 0.717) is 5.95 Å². The minimum absolute atomic E-state index is 0.122. The van der Waals surface area contributed by atoms with E-state index < -0.39 is 5.91 Å². The lowest BCUT2D eigenvalue weighted by Crippen LogP contribution is -2.31. The van der Waals surface area contributed by atoms with Crippen LogP contribution in [0.4, 0.5) is 11.9 Å². The van der Waals surface area contributed by atoms with Crippen molar-refractivity contribution in [2.24, 2.45) is 5.73 Å². The Kier molecular flexibility index (Phi) is 3.38. The standard InChI is InChI=1S/C12H16N8O/c13-9(21)8-4-7-20(18-8)12-16-10(14)15-11(17-12)19-5-2-1-3-6-19/h4,7H,1-3,5-6H2,(H2,13,21)(H2,14,15,16,17). The van der Waals surface area contributed by atoms with Crippen molar-refractivity contribution in [2.75, 3.05) is 23.7 Å². The van der Waals surface area contributed by atoms with Crippen molar-refractivity contribution in [2.45, 2.75) is 19.3 Å². The van der Waals surface area contributed by atoms with Gasteiger partial charge in [0.2, 0.25) is 11.9 Å². The van der Waals surface area contributed by atoms with Crippen molar-refractivity contribution < 1.29 is 4.79 Å². The van der Waals surface area contributed by atoms with E-state index in [9.17, 15) is 4.79 Å². The van der Waals surface area contributed by atoms with Crippen molar-refractivity contribution in [3.05, 3.63) is 18.0 Å². The lowest BCUT2D eigenvalue weighted by Gasteiger charge is -2.26. The largest absolute Gasteiger partial charge is 0.368 e. The maximum Gasteiger partial charge on any atom is 0.269 e. The van der Waals surface area contributed by atoms with Crippen LogP contribution in [0.25, 0.3) is 5.95 Å². The summed E-state index contributed by atoms with van der Waals surface area (Å²) in [6, 6.07) is 1.50. The molecule has 21 heavy (non-hydrogen) atoms. The number of rotatable bonds is 3. The molecule has 1 saturated heterocycles. The summed E-state index contributed by atoms with van der Waals surface area (Å²) in [5.74, 6) is 0.327. The lowest BCUT2D eigenvalue weighted by atomic mass is 10.1. The van der Waals surface area contributed by atoms with E-state index in [1.54, 1.807) is 6.20 Å². The normalized spacial score (nSPS) is 15.1. The van der Waals surface area contributed by atoms with Crippen LogP contribution < -0.4 is 16.4 Å². The smallest absolute Gasteiger partial charge is 0.269 e. The van der Waals surface area contributed by atoms with Crippen LogP contribution in [0.1, 0.15) is 29.8 Å². The molecule has 1 aliphatic rings. The monoisotopic (exact) mass is 288 g/mol. The SMILES string of the molecule is NC(=O)c1ccn(-c2nc(N)nc(N3CCCCC3)n2)n1. The van der Waals surface area contributed by atoms with Gasteiger partial charge in [-0.2, -0.15) is 20.1 Å². The Labute approximate surface area is 121 Å². The van der Waals surface area contributed by atoms with Crippen molar-refractivity contribution in [3.8, 4) is 5.95 Å². The summed E-state index contributed by atoms with van der Waals surface area (Å²) in [5, 5.41) is 4.02. The zero-order chi connectivity index (χ0) is 14.8. The highest BCUT2D eigenvalue weighted by molar-refractivity contribution is 5.90. The third-order valence-electron chi connectivity index (χ3n) is 3.31. The summed E-state index contributed by atoms with van der Waals surface area (Å²) >= 11 is 0. The van der Waals surface area contributed by atoms with E-state index in [0.717, 1.165) is 25.9 Å². The summed E-state index contributed by atoms with van der Waals surface area (Å²) in [6.45, 7) is 1.79. The summed E-state index contributed by atoms with van der Waals surface area (Å²) in [7, 11) is 0. The molecule has 2 aromatic heterocycles. The number of aromatic nitrogens is 5. The van der Waals surface area contributed by atoms with Crippen molar-refractivity contribution in [3.63, 3.8) is 0 Å². The van der Waals surface area contributed by atoms with E-state index in [2.05, 4.69) is 25.0 Å². The van der Waals surface area contributed by atoms with Gasteiger partial charge in [-0.15, -0.1) is 0 Å². The Morgan fingerprint density at radius 2 is 1.81 bits per heavy atom. The number of piperidine rings is 1. The third kappa shape index (κ3) is 2.76. The van der Waals surface area contributed by atoms with Crippen LogP contribution in [-0.2, 0) is 0 Å². The van der Waals surface area contributed by atoms with Crippen LogP contribution in [-0.4, -0.2) is 43.7 Å². The predicted octanol–water partition coefficient (Wildman–Crippen LogP) is -0.271. The third-order valence-corrected chi connectivity index (χ3v) is 3.31. The quantitative estimate of drug-likeness (QED) is 0.795. The molecule has 3 heterocycles. The van der Waals surface area contributed by atoms with Gasteiger partial charge in [-0.25, -0.2) is 4.68 Å². The van der Waals surface area contributed by atoms with Crippen molar-refractivity contribution in [1.29, 1.82) is 0 Å². The number of anilines is 2. The van der Waals surface area contributed by atoms with Gasteiger partial charge in [-0.3, -0.25) is 4.79 Å². The highest BCUT2D eigenvalue weighted by atomic mass is 16.1. The molecule has 3 rings (SSSR count). The van der Waals surface area contributed by atoms with E-state index in [1.807, 2.05) is 0 Å². The molecular weight excluding hydrogens is 272 g/mol. The lowest BCUT2D eigenvalue weighted by molar-refractivity contribution is 0.0995. The molecule has 0 spiro atoms. The Morgan fingerprint density at radius 3 is 2.48 bits per heavy atom. The fraction of sp³-hybridized carbons (Fsp3) is 0.417. The molecule has 2 aromatic rings. The number of nitrogens with two attached hydrogens (primary N) is 2. The van der Waals surface area contributed by atoms with Gasteiger partial charge >= 0.3 is 0 Å². The number of carbonyl (C=O) groups is 1. The zero-order valence-corrected chi connectivity index (χ0v) is 11.4. The van der Waals surface area contributed by atoms with E-state index in [4.69, 9.17) is 11.5 Å². The first-order valence-electron chi connectivity index (χ1n) is 6.76. The first-order valence-corrected chi connectivity index (χ1v) is 6.76. The zero-order valence-electron chi connectivity index (χ0n) is 11.4. The molecule has 0 unspecified atom stereocenters. The molecule has 0 bridgehead atoms. The molecule has 4 N–H and O–H groups in total. The molecule has 1 amide bonds. The molecule has 110 valence electrons. The summed E-state index contributed by atoms with van der Waals surface area (Å²) in [6.07, 6.45) is 4.99. The van der Waals surface area contributed by atoms with Crippen LogP contribution in [0, 0.1) is 0 Å². The van der Waals surface area contributed by atoms with Crippen LogP contribution in [0.2, 0.25) is 0 Å². The molecule has 0 aromatic carbocycles. The number of hydrogen-bond donors (Lipinski definition) is 2. The van der Waals surface area contributed by atoms with Gasteiger partial charge in [0.25, 0.3) is 11.9 Å². The van der Waals surface area contributed by atoms with Crippen LogP contribution in [0.3, 0.4) is 0 Å². The minimum atomic E-state index is -0.605. The molecule has 9 nitrogen and oxygen atoms in total. The Balaban J connectivity index is 1.94. The van der Waals surface area contributed by atoms with Gasteiger partial charge in [-0.1, -0.05) is 0 Å². The number of primary amides is 1. The van der Waals surface area contributed by atoms with E-state index >= 15 is 0 Å². The first-order chi connectivity index (χ1) is 10.1. The maximum atomic E-state index is 11.1. The van der Waals surface area contributed by atoms with Crippen molar-refractivity contribution >= 4 is 17.8 Å². The average molecular weight is 288 g/mol. The second-order valence-electron chi connectivity index (χ2n) is 4.85. The highest BCUT2D eigenvalue weighted by Crippen LogP contribution is 2.17. The first kappa shape index (κ1) is 13.3. The number of nitrogen functional groups attached to an aromatic ring is 1. The Morgan fingerprint density at radius 1 is 1.10 bits per heavy atom. The molecule has 0 saturated carbocycles. The molecule has 0 atom stereocenters. The second-order valence-corrected chi connectivity index (χ2v) is 4.85. The van der Waals surface area contributed by atoms with Gasteiger partial charge in [0, 0.05) is 19.3 Å². The number of carbonyl (C=O) groups excluding carboxylic acids is 1. The van der Waals surface area contributed by atoms with Gasteiger partial charge in [0.05, 0.1) is 0 Å². The molecule has 1 fully saturated rings. The molecule has 9 heteroatoms. The van der Waals surface area contributed by atoms with Crippen molar-refractivity contribution in [1.82, 2.24) is 24.7 Å².